The fourth-order valence-electron chi connectivity index (χ4n) is 4.05. The van der Waals surface area contributed by atoms with Crippen LogP contribution in [0.4, 0.5) is 0 Å². The van der Waals surface area contributed by atoms with Crippen molar-refractivity contribution in [2.75, 3.05) is 13.6 Å². The number of aryl methyl sites for hydroxylation is 1. The maximum absolute atomic E-state index is 13.9. The number of benzene rings is 3. The Hall–Kier alpha value is -3.20. The fourth-order valence-corrected chi connectivity index (χ4v) is 5.30. The van der Waals surface area contributed by atoms with Crippen molar-refractivity contribution in [2.45, 2.75) is 57.1 Å². The van der Waals surface area contributed by atoms with Crippen LogP contribution in [0.2, 0.25) is 5.02 Å². The molecule has 0 spiro atoms. The van der Waals surface area contributed by atoms with Crippen molar-refractivity contribution in [3.05, 3.63) is 101 Å². The van der Waals surface area contributed by atoms with Crippen LogP contribution in [0.5, 0.6) is 0 Å². The zero-order chi connectivity index (χ0) is 28.8. The molecule has 0 saturated heterocycles. The van der Waals surface area contributed by atoms with Crippen LogP contribution in [-0.4, -0.2) is 54.6 Å². The molecule has 0 unspecified atom stereocenters. The normalized spacial score (nSPS) is 12.7. The molecule has 3 aromatic rings. The van der Waals surface area contributed by atoms with Crippen molar-refractivity contribution < 1.29 is 18.0 Å². The molecule has 9 heteroatoms. The van der Waals surface area contributed by atoms with E-state index < -0.39 is 34.1 Å². The zero-order valence-corrected chi connectivity index (χ0v) is 24.6. The minimum absolute atomic E-state index is 0.0963. The summed E-state index contributed by atoms with van der Waals surface area (Å²) < 4.78 is 27.5. The molecule has 0 saturated carbocycles. The highest BCUT2D eigenvalue weighted by atomic mass is 35.5. The zero-order valence-electron chi connectivity index (χ0n) is 23.0. The molecule has 0 aliphatic carbocycles. The van der Waals surface area contributed by atoms with Gasteiger partial charge in [0.2, 0.25) is 21.8 Å². The van der Waals surface area contributed by atoms with E-state index in [1.165, 1.54) is 24.1 Å². The minimum Gasteiger partial charge on any atom is -0.350 e. The Labute approximate surface area is 236 Å². The van der Waals surface area contributed by atoms with E-state index in [2.05, 4.69) is 5.32 Å². The standard InChI is InChI=1S/C30H36ClN3O4S/c1-22-11-17-26(18-12-22)39(37,38)33(5)21-28(35)34(20-24-13-15-25(31)16-14-24)27(29(36)32-30(2,3)4)19-23-9-7-6-8-10-23/h6-18,27H,19-21H2,1-5H3,(H,32,36)/t27-/m1/s1. The summed E-state index contributed by atoms with van der Waals surface area (Å²) in [6, 6.07) is 22.0. The number of amides is 2. The van der Waals surface area contributed by atoms with Gasteiger partial charge in [-0.2, -0.15) is 4.31 Å². The molecule has 3 rings (SSSR count). The number of carbonyl (C=O) groups excluding carboxylic acids is 2. The number of carbonyl (C=O) groups is 2. The lowest BCUT2D eigenvalue weighted by molar-refractivity contribution is -0.141. The fraction of sp³-hybridized carbons (Fsp3) is 0.333. The number of hydrogen-bond acceptors (Lipinski definition) is 4. The van der Waals surface area contributed by atoms with Gasteiger partial charge in [0.05, 0.1) is 11.4 Å². The number of rotatable bonds is 10. The summed E-state index contributed by atoms with van der Waals surface area (Å²) in [4.78, 5) is 29.1. The van der Waals surface area contributed by atoms with Crippen LogP contribution in [0.1, 0.15) is 37.5 Å². The molecule has 0 aromatic heterocycles. The number of nitrogens with one attached hydrogen (secondary N) is 1. The van der Waals surface area contributed by atoms with Crippen LogP contribution in [0.15, 0.2) is 83.8 Å². The maximum atomic E-state index is 13.9. The summed E-state index contributed by atoms with van der Waals surface area (Å²) in [6.07, 6.45) is 0.260. The molecule has 0 fully saturated rings. The van der Waals surface area contributed by atoms with Crippen LogP contribution in [0, 0.1) is 6.92 Å². The van der Waals surface area contributed by atoms with Gasteiger partial charge in [0.1, 0.15) is 6.04 Å². The second-order valence-corrected chi connectivity index (χ2v) is 13.1. The van der Waals surface area contributed by atoms with Crippen molar-refractivity contribution >= 4 is 33.4 Å². The first kappa shape index (κ1) is 30.3. The van der Waals surface area contributed by atoms with Crippen LogP contribution < -0.4 is 5.32 Å². The number of nitrogens with zero attached hydrogens (tertiary/aromatic N) is 2. The molecule has 0 aliphatic rings. The van der Waals surface area contributed by atoms with Gasteiger partial charge in [-0.1, -0.05) is 71.8 Å². The first-order valence-corrected chi connectivity index (χ1v) is 14.5. The lowest BCUT2D eigenvalue weighted by Crippen LogP contribution is -2.56. The first-order chi connectivity index (χ1) is 18.3. The molecule has 0 aliphatic heterocycles. The lowest BCUT2D eigenvalue weighted by atomic mass is 10.0. The van der Waals surface area contributed by atoms with Gasteiger partial charge in [0.15, 0.2) is 0 Å². The second kappa shape index (κ2) is 12.8. The van der Waals surface area contributed by atoms with Gasteiger partial charge in [-0.25, -0.2) is 8.42 Å². The molecule has 3 aromatic carbocycles. The third-order valence-corrected chi connectivity index (χ3v) is 8.19. The van der Waals surface area contributed by atoms with E-state index in [1.54, 1.807) is 36.4 Å². The molecule has 0 bridgehead atoms. The monoisotopic (exact) mass is 569 g/mol. The number of sulfonamides is 1. The smallest absolute Gasteiger partial charge is 0.243 e. The summed E-state index contributed by atoms with van der Waals surface area (Å²) in [6.45, 7) is 7.16. The van der Waals surface area contributed by atoms with E-state index in [9.17, 15) is 18.0 Å². The Morgan fingerprint density at radius 3 is 2.05 bits per heavy atom. The summed E-state index contributed by atoms with van der Waals surface area (Å²) in [5, 5.41) is 3.55. The number of hydrogen-bond donors (Lipinski definition) is 1. The quantitative estimate of drug-likeness (QED) is 0.379. The number of halogens is 1. The Morgan fingerprint density at radius 1 is 0.897 bits per heavy atom. The van der Waals surface area contributed by atoms with Crippen molar-refractivity contribution in [2.24, 2.45) is 0 Å². The van der Waals surface area contributed by atoms with E-state index in [1.807, 2.05) is 58.0 Å². The van der Waals surface area contributed by atoms with Gasteiger partial charge in [-0.05, 0) is 63.1 Å². The predicted octanol–water partition coefficient (Wildman–Crippen LogP) is 4.82. The molecule has 208 valence electrons. The Bertz CT molecular complexity index is 1370. The molecule has 39 heavy (non-hydrogen) atoms. The highest BCUT2D eigenvalue weighted by molar-refractivity contribution is 7.89. The third-order valence-electron chi connectivity index (χ3n) is 6.12. The molecular formula is C30H36ClN3O4S. The Balaban J connectivity index is 1.98. The average molecular weight is 570 g/mol. The summed E-state index contributed by atoms with van der Waals surface area (Å²) >= 11 is 6.07. The summed E-state index contributed by atoms with van der Waals surface area (Å²) in [7, 11) is -2.56. The van der Waals surface area contributed by atoms with Gasteiger partial charge < -0.3 is 10.2 Å². The van der Waals surface area contributed by atoms with E-state index in [-0.39, 0.29) is 23.8 Å². The van der Waals surface area contributed by atoms with Gasteiger partial charge in [-0.3, -0.25) is 9.59 Å². The lowest BCUT2D eigenvalue weighted by Gasteiger charge is -2.34. The first-order valence-electron chi connectivity index (χ1n) is 12.7. The van der Waals surface area contributed by atoms with Gasteiger partial charge in [-0.15, -0.1) is 0 Å². The van der Waals surface area contributed by atoms with Crippen LogP contribution >= 0.6 is 11.6 Å². The van der Waals surface area contributed by atoms with Gasteiger partial charge in [0.25, 0.3) is 0 Å². The molecule has 7 nitrogen and oxygen atoms in total. The Morgan fingerprint density at radius 2 is 1.49 bits per heavy atom. The van der Waals surface area contributed by atoms with Crippen molar-refractivity contribution in [1.82, 2.24) is 14.5 Å². The largest absolute Gasteiger partial charge is 0.350 e. The maximum Gasteiger partial charge on any atom is 0.243 e. The van der Waals surface area contributed by atoms with Crippen molar-refractivity contribution in [3.8, 4) is 0 Å². The average Bonchev–Trinajstić information content (AvgIpc) is 2.87. The highest BCUT2D eigenvalue weighted by Crippen LogP contribution is 2.20. The minimum atomic E-state index is -3.93. The van der Waals surface area contributed by atoms with Crippen molar-refractivity contribution in [1.29, 1.82) is 0 Å². The molecule has 2 amide bonds. The van der Waals surface area contributed by atoms with E-state index in [0.29, 0.717) is 5.02 Å². The van der Waals surface area contributed by atoms with Crippen LogP contribution in [-0.2, 0) is 32.6 Å². The van der Waals surface area contributed by atoms with Crippen LogP contribution in [0.3, 0.4) is 0 Å². The second-order valence-electron chi connectivity index (χ2n) is 10.7. The SMILES string of the molecule is Cc1ccc(S(=O)(=O)N(C)CC(=O)N(Cc2ccc(Cl)cc2)[C@H](Cc2ccccc2)C(=O)NC(C)(C)C)cc1. The molecule has 0 radical (unpaired) electrons. The van der Waals surface area contributed by atoms with E-state index in [0.717, 1.165) is 21.0 Å². The van der Waals surface area contributed by atoms with Crippen LogP contribution in [0.25, 0.3) is 0 Å². The molecule has 1 atom stereocenters. The summed E-state index contributed by atoms with van der Waals surface area (Å²) in [5.74, 6) is -0.814. The number of likely N-dealkylation sites (N-methyl/N-ethyl adjacent to an activating group) is 1. The third kappa shape index (κ3) is 8.65. The van der Waals surface area contributed by atoms with E-state index in [4.69, 9.17) is 11.6 Å². The predicted molar refractivity (Wildman–Crippen MR) is 155 cm³/mol. The molecular weight excluding hydrogens is 534 g/mol. The molecule has 1 N–H and O–H groups in total. The van der Waals surface area contributed by atoms with Crippen molar-refractivity contribution in [3.63, 3.8) is 0 Å². The highest BCUT2D eigenvalue weighted by Gasteiger charge is 2.34. The van der Waals surface area contributed by atoms with Gasteiger partial charge in [0, 0.05) is 30.6 Å². The van der Waals surface area contributed by atoms with E-state index >= 15 is 0 Å². The topological polar surface area (TPSA) is 86.8 Å². The summed E-state index contributed by atoms with van der Waals surface area (Å²) in [5.41, 5.74) is 2.03. The Kier molecular flexibility index (Phi) is 9.93. The van der Waals surface area contributed by atoms with Gasteiger partial charge >= 0.3 is 0 Å². The molecule has 0 heterocycles.